The van der Waals surface area contributed by atoms with Crippen LogP contribution in [0, 0.1) is 0 Å². The van der Waals surface area contributed by atoms with Crippen LogP contribution in [0.4, 0.5) is 0 Å². The molecule has 1 aromatic rings. The van der Waals surface area contributed by atoms with Crippen molar-refractivity contribution >= 4 is 5.91 Å². The second-order valence-corrected chi connectivity index (χ2v) is 8.21. The minimum atomic E-state index is -0.444. The van der Waals surface area contributed by atoms with E-state index in [0.29, 0.717) is 37.9 Å². The van der Waals surface area contributed by atoms with Crippen molar-refractivity contribution in [2.24, 2.45) is 0 Å². The summed E-state index contributed by atoms with van der Waals surface area (Å²) in [5.74, 6) is 0.183. The largest absolute Gasteiger partial charge is 0.347 e. The van der Waals surface area contributed by atoms with E-state index < -0.39 is 5.79 Å². The Morgan fingerprint density at radius 1 is 1.21 bits per heavy atom. The average Bonchev–Trinajstić information content (AvgIpc) is 3.12. The predicted octanol–water partition coefficient (Wildman–Crippen LogP) is 2.49. The summed E-state index contributed by atoms with van der Waals surface area (Å²) in [5, 5.41) is 4.75. The molecule has 0 atom stereocenters. The zero-order valence-corrected chi connectivity index (χ0v) is 14.9. The lowest BCUT2D eigenvalue weighted by molar-refractivity contribution is -0.181. The molecule has 6 heteroatoms. The fourth-order valence-electron chi connectivity index (χ4n) is 3.64. The van der Waals surface area contributed by atoms with E-state index in [2.05, 4.69) is 20.8 Å². The van der Waals surface area contributed by atoms with E-state index in [4.69, 9.17) is 14.6 Å². The van der Waals surface area contributed by atoms with Gasteiger partial charge in [-0.2, -0.15) is 5.10 Å². The van der Waals surface area contributed by atoms with Gasteiger partial charge in [0.15, 0.2) is 5.79 Å². The average molecular weight is 333 g/mol. The molecule has 1 aliphatic carbocycles. The highest BCUT2D eigenvalue weighted by molar-refractivity contribution is 5.93. The molecule has 1 saturated carbocycles. The van der Waals surface area contributed by atoms with Gasteiger partial charge in [0, 0.05) is 31.8 Å². The summed E-state index contributed by atoms with van der Waals surface area (Å²) in [6, 6.07) is 2.01. The van der Waals surface area contributed by atoms with Crippen molar-refractivity contribution in [3.8, 4) is 0 Å². The van der Waals surface area contributed by atoms with Crippen LogP contribution in [0.2, 0.25) is 0 Å². The summed E-state index contributed by atoms with van der Waals surface area (Å²) in [7, 11) is 0. The number of piperidine rings is 1. The fourth-order valence-corrected chi connectivity index (χ4v) is 3.64. The van der Waals surface area contributed by atoms with Gasteiger partial charge < -0.3 is 14.4 Å². The van der Waals surface area contributed by atoms with Crippen LogP contribution in [-0.4, -0.2) is 52.7 Å². The van der Waals surface area contributed by atoms with Gasteiger partial charge in [0.1, 0.15) is 5.69 Å². The summed E-state index contributed by atoms with van der Waals surface area (Å²) in [6.07, 6.45) is 3.88. The van der Waals surface area contributed by atoms with Gasteiger partial charge in [0.05, 0.1) is 24.4 Å². The van der Waals surface area contributed by atoms with Crippen LogP contribution >= 0.6 is 0 Å². The van der Waals surface area contributed by atoms with Crippen LogP contribution in [0.3, 0.4) is 0 Å². The normalized spacial score (nSPS) is 23.9. The highest BCUT2D eigenvalue weighted by atomic mass is 16.7. The van der Waals surface area contributed by atoms with Crippen LogP contribution in [0.15, 0.2) is 6.07 Å². The van der Waals surface area contributed by atoms with E-state index in [1.54, 1.807) is 0 Å². The Balaban J connectivity index is 1.54. The molecule has 1 spiro atoms. The Morgan fingerprint density at radius 3 is 2.38 bits per heavy atom. The molecule has 24 heavy (non-hydrogen) atoms. The maximum Gasteiger partial charge on any atom is 0.272 e. The van der Waals surface area contributed by atoms with Gasteiger partial charge in [-0.3, -0.25) is 9.48 Å². The third-order valence-electron chi connectivity index (χ3n) is 5.20. The molecule has 132 valence electrons. The van der Waals surface area contributed by atoms with Gasteiger partial charge in [0.2, 0.25) is 0 Å². The first kappa shape index (κ1) is 16.1. The molecule has 2 aliphatic heterocycles. The Labute approximate surface area is 143 Å². The number of amides is 1. The summed E-state index contributed by atoms with van der Waals surface area (Å²) in [5.41, 5.74) is 1.59. The molecule has 3 fully saturated rings. The van der Waals surface area contributed by atoms with E-state index in [1.165, 1.54) is 12.8 Å². The molecule has 2 saturated heterocycles. The lowest BCUT2D eigenvalue weighted by atomic mass is 10.0. The SMILES string of the molecule is CC(C)(C)n1nc(C2CC2)cc1C(=O)N1CCC2(CC1)OCCO2. The Bertz CT molecular complexity index is 626. The number of nitrogens with zero attached hydrogens (tertiary/aromatic N) is 3. The van der Waals surface area contributed by atoms with Gasteiger partial charge in [0.25, 0.3) is 5.91 Å². The molecule has 0 aromatic carbocycles. The summed E-state index contributed by atoms with van der Waals surface area (Å²) < 4.78 is 13.4. The Kier molecular flexibility index (Phi) is 3.73. The van der Waals surface area contributed by atoms with Crippen LogP contribution in [0.1, 0.15) is 68.6 Å². The van der Waals surface area contributed by atoms with Gasteiger partial charge in [-0.15, -0.1) is 0 Å². The number of likely N-dealkylation sites (tertiary alicyclic amines) is 1. The number of rotatable bonds is 2. The molecule has 0 N–H and O–H groups in total. The standard InChI is InChI=1S/C18H27N3O3/c1-17(2,3)21-15(12-14(19-21)13-4-5-13)16(22)20-8-6-18(7-9-20)23-10-11-24-18/h12-13H,4-11H2,1-3H3. The molecular weight excluding hydrogens is 306 g/mol. The van der Waals surface area contributed by atoms with E-state index >= 15 is 0 Å². The minimum Gasteiger partial charge on any atom is -0.347 e. The second kappa shape index (κ2) is 5.56. The lowest BCUT2D eigenvalue weighted by Gasteiger charge is -2.37. The third kappa shape index (κ3) is 2.86. The van der Waals surface area contributed by atoms with Crippen molar-refractivity contribution in [3.63, 3.8) is 0 Å². The van der Waals surface area contributed by atoms with Gasteiger partial charge in [-0.05, 0) is 39.7 Å². The fraction of sp³-hybridized carbons (Fsp3) is 0.778. The van der Waals surface area contributed by atoms with Crippen molar-refractivity contribution in [3.05, 3.63) is 17.5 Å². The van der Waals surface area contributed by atoms with E-state index in [9.17, 15) is 4.79 Å². The van der Waals surface area contributed by atoms with E-state index in [-0.39, 0.29) is 11.4 Å². The molecule has 0 bridgehead atoms. The van der Waals surface area contributed by atoms with Crippen molar-refractivity contribution in [1.82, 2.24) is 14.7 Å². The summed E-state index contributed by atoms with van der Waals surface area (Å²) >= 11 is 0. The molecule has 1 amide bonds. The van der Waals surface area contributed by atoms with Crippen LogP contribution in [0.5, 0.6) is 0 Å². The molecule has 4 rings (SSSR count). The summed E-state index contributed by atoms with van der Waals surface area (Å²) in [6.45, 7) is 8.96. The topological polar surface area (TPSA) is 56.6 Å². The zero-order valence-electron chi connectivity index (χ0n) is 14.9. The number of carbonyl (C=O) groups is 1. The van der Waals surface area contributed by atoms with Gasteiger partial charge in [-0.1, -0.05) is 0 Å². The molecule has 6 nitrogen and oxygen atoms in total. The van der Waals surface area contributed by atoms with Crippen LogP contribution in [-0.2, 0) is 15.0 Å². The molecule has 3 heterocycles. The highest BCUT2D eigenvalue weighted by Crippen LogP contribution is 2.40. The van der Waals surface area contributed by atoms with Crippen LogP contribution in [0.25, 0.3) is 0 Å². The monoisotopic (exact) mass is 333 g/mol. The number of carbonyl (C=O) groups excluding carboxylic acids is 1. The van der Waals surface area contributed by atoms with Crippen molar-refractivity contribution in [1.29, 1.82) is 0 Å². The number of aromatic nitrogens is 2. The third-order valence-corrected chi connectivity index (χ3v) is 5.20. The van der Waals surface area contributed by atoms with E-state index in [0.717, 1.165) is 18.5 Å². The molecule has 0 unspecified atom stereocenters. The minimum absolute atomic E-state index is 0.0807. The maximum absolute atomic E-state index is 13.1. The summed E-state index contributed by atoms with van der Waals surface area (Å²) in [4.78, 5) is 15.0. The lowest BCUT2D eigenvalue weighted by Crippen LogP contribution is -2.48. The first-order valence-corrected chi connectivity index (χ1v) is 9.06. The van der Waals surface area contributed by atoms with Gasteiger partial charge >= 0.3 is 0 Å². The second-order valence-electron chi connectivity index (χ2n) is 8.21. The maximum atomic E-state index is 13.1. The molecule has 3 aliphatic rings. The number of ether oxygens (including phenoxy) is 2. The Hall–Kier alpha value is -1.40. The quantitative estimate of drug-likeness (QED) is 0.834. The number of hydrogen-bond acceptors (Lipinski definition) is 4. The van der Waals surface area contributed by atoms with Crippen molar-refractivity contribution in [2.45, 2.75) is 63.7 Å². The Morgan fingerprint density at radius 2 is 1.83 bits per heavy atom. The molecule has 1 aromatic heterocycles. The number of hydrogen-bond donors (Lipinski definition) is 0. The zero-order chi connectivity index (χ0) is 16.9. The molecule has 0 radical (unpaired) electrons. The predicted molar refractivity (Wildman–Crippen MR) is 89.0 cm³/mol. The first-order valence-electron chi connectivity index (χ1n) is 9.06. The van der Waals surface area contributed by atoms with Gasteiger partial charge in [-0.25, -0.2) is 0 Å². The molecular formula is C18H27N3O3. The smallest absolute Gasteiger partial charge is 0.272 e. The highest BCUT2D eigenvalue weighted by Gasteiger charge is 2.42. The van der Waals surface area contributed by atoms with Crippen molar-refractivity contribution in [2.75, 3.05) is 26.3 Å². The first-order chi connectivity index (χ1) is 11.4. The van der Waals surface area contributed by atoms with Crippen molar-refractivity contribution < 1.29 is 14.3 Å². The van der Waals surface area contributed by atoms with Crippen LogP contribution < -0.4 is 0 Å². The van der Waals surface area contributed by atoms with E-state index in [1.807, 2.05) is 15.6 Å².